The summed E-state index contributed by atoms with van der Waals surface area (Å²) in [5, 5.41) is 21.7. The van der Waals surface area contributed by atoms with Gasteiger partial charge in [0.25, 0.3) is 0 Å². The lowest BCUT2D eigenvalue weighted by molar-refractivity contribution is 0.0824. The molecular weight excluding hydrogens is 230 g/mol. The van der Waals surface area contributed by atoms with Crippen LogP contribution in [-0.4, -0.2) is 43.2 Å². The molecule has 0 aliphatic heterocycles. The molecule has 100 valence electrons. The molecular formula is C14H21NO3. The van der Waals surface area contributed by atoms with Crippen LogP contribution in [0.1, 0.15) is 17.5 Å². The molecule has 1 aliphatic carbocycles. The minimum atomic E-state index is -0.320. The normalized spacial score (nSPS) is 22.1. The van der Waals surface area contributed by atoms with E-state index in [0.717, 1.165) is 12.8 Å². The molecule has 0 spiro atoms. The van der Waals surface area contributed by atoms with Crippen molar-refractivity contribution in [2.24, 2.45) is 0 Å². The van der Waals surface area contributed by atoms with E-state index in [4.69, 9.17) is 9.84 Å². The highest BCUT2D eigenvalue weighted by Gasteiger charge is 2.37. The quantitative estimate of drug-likeness (QED) is 0.615. The highest BCUT2D eigenvalue weighted by molar-refractivity contribution is 5.38. The van der Waals surface area contributed by atoms with Crippen molar-refractivity contribution in [2.75, 3.05) is 33.0 Å². The first-order chi connectivity index (χ1) is 8.82. The van der Waals surface area contributed by atoms with Gasteiger partial charge in [0, 0.05) is 6.54 Å². The highest BCUT2D eigenvalue weighted by Crippen LogP contribution is 2.36. The Morgan fingerprint density at radius 2 is 2.06 bits per heavy atom. The Morgan fingerprint density at radius 1 is 1.22 bits per heavy atom. The number of aryl methyl sites for hydroxylation is 1. The molecule has 0 saturated carbocycles. The zero-order valence-electron chi connectivity index (χ0n) is 10.6. The van der Waals surface area contributed by atoms with E-state index >= 15 is 0 Å². The summed E-state index contributed by atoms with van der Waals surface area (Å²) in [6.07, 6.45) is 1.92. The Hall–Kier alpha value is -0.940. The van der Waals surface area contributed by atoms with Gasteiger partial charge in [-0.15, -0.1) is 0 Å². The maximum absolute atomic E-state index is 9.72. The molecule has 18 heavy (non-hydrogen) atoms. The van der Waals surface area contributed by atoms with Crippen molar-refractivity contribution in [1.29, 1.82) is 0 Å². The molecule has 1 aromatic rings. The van der Waals surface area contributed by atoms with E-state index in [1.54, 1.807) is 0 Å². The molecule has 0 radical (unpaired) electrons. The lowest BCUT2D eigenvalue weighted by Gasteiger charge is -2.29. The number of rotatable bonds is 7. The Bertz CT molecular complexity index is 383. The summed E-state index contributed by atoms with van der Waals surface area (Å²) >= 11 is 0. The van der Waals surface area contributed by atoms with E-state index < -0.39 is 0 Å². The number of fused-ring (bicyclic) bond motifs is 1. The van der Waals surface area contributed by atoms with Crippen molar-refractivity contribution >= 4 is 0 Å². The smallest absolute Gasteiger partial charge is 0.0698 e. The van der Waals surface area contributed by atoms with Crippen LogP contribution < -0.4 is 5.32 Å². The van der Waals surface area contributed by atoms with Gasteiger partial charge < -0.3 is 20.3 Å². The molecule has 3 N–H and O–H groups in total. The molecule has 1 aromatic carbocycles. The molecule has 0 heterocycles. The van der Waals surface area contributed by atoms with Gasteiger partial charge >= 0.3 is 0 Å². The summed E-state index contributed by atoms with van der Waals surface area (Å²) in [5.41, 5.74) is 2.20. The number of benzene rings is 1. The molecule has 4 heteroatoms. The van der Waals surface area contributed by atoms with Gasteiger partial charge in [0.05, 0.1) is 32.0 Å². The van der Waals surface area contributed by atoms with Gasteiger partial charge in [-0.2, -0.15) is 0 Å². The first-order valence-corrected chi connectivity index (χ1v) is 6.45. The Morgan fingerprint density at radius 3 is 2.83 bits per heavy atom. The molecule has 2 rings (SSSR count). The van der Waals surface area contributed by atoms with Gasteiger partial charge in [-0.3, -0.25) is 0 Å². The van der Waals surface area contributed by atoms with E-state index in [-0.39, 0.29) is 18.8 Å². The SMILES string of the molecule is OCCOCCNC1(CO)CCc2ccccc21. The summed E-state index contributed by atoms with van der Waals surface area (Å²) < 4.78 is 5.23. The summed E-state index contributed by atoms with van der Waals surface area (Å²) in [4.78, 5) is 0. The van der Waals surface area contributed by atoms with Crippen LogP contribution in [0.5, 0.6) is 0 Å². The number of aliphatic hydroxyl groups excluding tert-OH is 2. The van der Waals surface area contributed by atoms with E-state index in [2.05, 4.69) is 17.4 Å². The molecule has 0 fully saturated rings. The second-order valence-electron chi connectivity index (χ2n) is 4.66. The van der Waals surface area contributed by atoms with Gasteiger partial charge in [-0.1, -0.05) is 24.3 Å². The standard InChI is InChI=1S/C14H21NO3/c16-8-10-18-9-7-15-14(11-17)6-5-12-3-1-2-4-13(12)14/h1-4,15-17H,5-11H2. The van der Waals surface area contributed by atoms with Crippen LogP contribution in [0.3, 0.4) is 0 Å². The van der Waals surface area contributed by atoms with Gasteiger partial charge in [-0.25, -0.2) is 0 Å². The van der Waals surface area contributed by atoms with Gasteiger partial charge in [0.15, 0.2) is 0 Å². The maximum atomic E-state index is 9.72. The number of nitrogens with one attached hydrogen (secondary N) is 1. The molecule has 1 unspecified atom stereocenters. The molecule has 0 bridgehead atoms. The van der Waals surface area contributed by atoms with E-state index in [0.29, 0.717) is 19.8 Å². The van der Waals surface area contributed by atoms with Crippen molar-refractivity contribution in [3.05, 3.63) is 35.4 Å². The van der Waals surface area contributed by atoms with Crippen molar-refractivity contribution in [3.63, 3.8) is 0 Å². The van der Waals surface area contributed by atoms with Crippen LogP contribution in [-0.2, 0) is 16.7 Å². The maximum Gasteiger partial charge on any atom is 0.0698 e. The zero-order chi connectivity index (χ0) is 12.8. The monoisotopic (exact) mass is 251 g/mol. The number of hydrogen-bond acceptors (Lipinski definition) is 4. The predicted molar refractivity (Wildman–Crippen MR) is 69.4 cm³/mol. The van der Waals surface area contributed by atoms with Crippen LogP contribution in [0.4, 0.5) is 0 Å². The Balaban J connectivity index is 1.96. The minimum absolute atomic E-state index is 0.0496. The molecule has 1 aliphatic rings. The molecule has 1 atom stereocenters. The zero-order valence-corrected chi connectivity index (χ0v) is 10.6. The van der Waals surface area contributed by atoms with Crippen molar-refractivity contribution in [1.82, 2.24) is 5.32 Å². The fourth-order valence-electron chi connectivity index (χ4n) is 2.62. The fourth-order valence-corrected chi connectivity index (χ4v) is 2.62. The second kappa shape index (κ2) is 6.29. The first-order valence-electron chi connectivity index (χ1n) is 6.45. The summed E-state index contributed by atoms with van der Waals surface area (Å²) in [7, 11) is 0. The topological polar surface area (TPSA) is 61.7 Å². The van der Waals surface area contributed by atoms with Gasteiger partial charge in [0.1, 0.15) is 0 Å². The van der Waals surface area contributed by atoms with Crippen LogP contribution >= 0.6 is 0 Å². The Labute approximate surface area is 108 Å². The minimum Gasteiger partial charge on any atom is -0.394 e. The highest BCUT2D eigenvalue weighted by atomic mass is 16.5. The fraction of sp³-hybridized carbons (Fsp3) is 0.571. The van der Waals surface area contributed by atoms with E-state index in [1.165, 1.54) is 11.1 Å². The number of ether oxygens (including phenoxy) is 1. The van der Waals surface area contributed by atoms with Crippen molar-refractivity contribution < 1.29 is 14.9 Å². The third-order valence-electron chi connectivity index (χ3n) is 3.57. The summed E-state index contributed by atoms with van der Waals surface area (Å²) in [6.45, 7) is 1.74. The lowest BCUT2D eigenvalue weighted by Crippen LogP contribution is -2.45. The van der Waals surface area contributed by atoms with Crippen molar-refractivity contribution in [2.45, 2.75) is 18.4 Å². The van der Waals surface area contributed by atoms with Crippen LogP contribution in [0.15, 0.2) is 24.3 Å². The van der Waals surface area contributed by atoms with E-state index in [1.807, 2.05) is 12.1 Å². The average molecular weight is 251 g/mol. The number of hydrogen-bond donors (Lipinski definition) is 3. The Kier molecular flexibility index (Phi) is 4.72. The predicted octanol–water partition coefficient (Wildman–Crippen LogP) is 0.419. The molecule has 4 nitrogen and oxygen atoms in total. The molecule has 0 saturated heterocycles. The molecule has 0 aromatic heterocycles. The first kappa shape index (κ1) is 13.5. The van der Waals surface area contributed by atoms with Crippen LogP contribution in [0.2, 0.25) is 0 Å². The summed E-state index contributed by atoms with van der Waals surface area (Å²) in [6, 6.07) is 8.26. The average Bonchev–Trinajstić information content (AvgIpc) is 2.79. The summed E-state index contributed by atoms with van der Waals surface area (Å²) in [5.74, 6) is 0. The second-order valence-corrected chi connectivity index (χ2v) is 4.66. The van der Waals surface area contributed by atoms with Gasteiger partial charge in [0.2, 0.25) is 0 Å². The third kappa shape index (κ3) is 2.72. The third-order valence-corrected chi connectivity index (χ3v) is 3.57. The van der Waals surface area contributed by atoms with Gasteiger partial charge in [-0.05, 0) is 24.0 Å². The van der Waals surface area contributed by atoms with E-state index in [9.17, 15) is 5.11 Å². The number of aliphatic hydroxyl groups is 2. The van der Waals surface area contributed by atoms with Crippen molar-refractivity contribution in [3.8, 4) is 0 Å². The largest absolute Gasteiger partial charge is 0.394 e. The molecule has 0 amide bonds. The van der Waals surface area contributed by atoms with Crippen LogP contribution in [0, 0.1) is 0 Å². The lowest BCUT2D eigenvalue weighted by atomic mass is 9.93. The van der Waals surface area contributed by atoms with Crippen LogP contribution in [0.25, 0.3) is 0 Å².